The summed E-state index contributed by atoms with van der Waals surface area (Å²) in [6.07, 6.45) is 0.815. The smallest absolute Gasteiger partial charge is 0.194 e. The molecule has 0 amide bonds. The molecular weight excluding hydrogens is 365 g/mol. The molecule has 102 valence electrons. The molecule has 1 aliphatic rings. The molecule has 3 rings (SSSR count). The number of aliphatic hydroxyl groups is 2. The van der Waals surface area contributed by atoms with Crippen molar-refractivity contribution >= 4 is 39.6 Å². The summed E-state index contributed by atoms with van der Waals surface area (Å²) >= 11 is 1.97. The maximum absolute atomic E-state index is 9.35. The molecule has 0 unspecified atom stereocenters. The lowest BCUT2D eigenvalue weighted by Crippen LogP contribution is -2.49. The van der Waals surface area contributed by atoms with Gasteiger partial charge < -0.3 is 20.7 Å². The second-order valence-electron chi connectivity index (χ2n) is 4.30. The van der Waals surface area contributed by atoms with Gasteiger partial charge in [0.1, 0.15) is 11.7 Å². The van der Waals surface area contributed by atoms with Gasteiger partial charge in [0.15, 0.2) is 15.3 Å². The van der Waals surface area contributed by atoms with E-state index in [9.17, 15) is 5.11 Å². The summed E-state index contributed by atoms with van der Waals surface area (Å²) < 4.78 is 7.76. The molecule has 1 aliphatic heterocycles. The number of halogens is 1. The molecule has 4 N–H and O–H groups in total. The number of fused-ring (bicyclic) bond motifs is 1. The molecule has 0 saturated carbocycles. The first-order valence-electron chi connectivity index (χ1n) is 5.68. The average Bonchev–Trinajstić information content (AvgIpc) is 2.73. The second-order valence-corrected chi connectivity index (χ2v) is 5.26. The topological polar surface area (TPSA) is 119 Å². The first-order valence-corrected chi connectivity index (χ1v) is 6.76. The third-order valence-electron chi connectivity index (χ3n) is 3.24. The van der Waals surface area contributed by atoms with Crippen LogP contribution < -0.4 is 5.73 Å². The van der Waals surface area contributed by atoms with E-state index in [0.29, 0.717) is 20.8 Å². The molecule has 1 saturated heterocycles. The zero-order valence-electron chi connectivity index (χ0n) is 9.77. The number of hydrogen-bond acceptors (Lipinski definition) is 7. The van der Waals surface area contributed by atoms with Gasteiger partial charge in [-0.2, -0.15) is 0 Å². The highest BCUT2D eigenvalue weighted by Crippen LogP contribution is 2.38. The Morgan fingerprint density at radius 1 is 1.37 bits per heavy atom. The Morgan fingerprint density at radius 3 is 2.84 bits per heavy atom. The van der Waals surface area contributed by atoms with Crippen LogP contribution in [0.25, 0.3) is 11.2 Å². The summed E-state index contributed by atoms with van der Waals surface area (Å²) in [4.78, 5) is 12.5. The van der Waals surface area contributed by atoms with E-state index < -0.39 is 6.23 Å². The Kier molecular flexibility index (Phi) is 3.28. The van der Waals surface area contributed by atoms with Crippen LogP contribution >= 0.6 is 22.6 Å². The second kappa shape index (κ2) is 4.81. The van der Waals surface area contributed by atoms with Gasteiger partial charge in [-0.05, 0) is 0 Å². The van der Waals surface area contributed by atoms with Crippen molar-refractivity contribution in [3.63, 3.8) is 0 Å². The van der Waals surface area contributed by atoms with Crippen LogP contribution in [0.4, 0.5) is 5.82 Å². The van der Waals surface area contributed by atoms with Crippen molar-refractivity contribution in [1.82, 2.24) is 19.5 Å². The molecule has 3 heterocycles. The van der Waals surface area contributed by atoms with Crippen molar-refractivity contribution < 1.29 is 14.9 Å². The Balaban J connectivity index is 2.02. The lowest BCUT2D eigenvalue weighted by atomic mass is 9.95. The maximum atomic E-state index is 9.35. The third-order valence-corrected chi connectivity index (χ3v) is 3.73. The van der Waals surface area contributed by atoms with Crippen molar-refractivity contribution in [2.45, 2.75) is 12.3 Å². The van der Waals surface area contributed by atoms with Gasteiger partial charge in [-0.1, -0.05) is 0 Å². The van der Waals surface area contributed by atoms with E-state index in [2.05, 4.69) is 15.0 Å². The van der Waals surface area contributed by atoms with E-state index in [0.717, 1.165) is 0 Å². The molecule has 2 aromatic heterocycles. The number of nitrogen functional groups attached to an aromatic ring is 1. The minimum Gasteiger partial charge on any atom is -0.396 e. The number of aliphatic hydroxyl groups excluding tert-OH is 2. The van der Waals surface area contributed by atoms with Gasteiger partial charge >= 0.3 is 0 Å². The van der Waals surface area contributed by atoms with Crippen molar-refractivity contribution in [1.29, 1.82) is 0 Å². The molecule has 2 aromatic rings. The van der Waals surface area contributed by atoms with Crippen LogP contribution in [0, 0.1) is 9.75 Å². The van der Waals surface area contributed by atoms with Gasteiger partial charge in [0.2, 0.25) is 0 Å². The van der Waals surface area contributed by atoms with Crippen LogP contribution in [0.15, 0.2) is 6.33 Å². The summed E-state index contributed by atoms with van der Waals surface area (Å²) in [5, 5.41) is 18.5. The molecular formula is C10H12IN5O3. The highest BCUT2D eigenvalue weighted by atomic mass is 127. The molecule has 19 heavy (non-hydrogen) atoms. The minimum absolute atomic E-state index is 0.0762. The lowest BCUT2D eigenvalue weighted by molar-refractivity contribution is -0.243. The standard InChI is InChI=1S/C10H12IN5O3/c11-10-14-7(12)6-8(15-10)16(3-13-6)9-4(1-17)5(2-18)19-9/h3-5,9,17-18H,1-2H2,(H2,12,14,15)/t4-,5-,9-/m1/s1. The highest BCUT2D eigenvalue weighted by molar-refractivity contribution is 14.1. The predicted molar refractivity (Wildman–Crippen MR) is 74.0 cm³/mol. The summed E-state index contributed by atoms with van der Waals surface area (Å²) in [7, 11) is 0. The van der Waals surface area contributed by atoms with Crippen molar-refractivity contribution in [2.24, 2.45) is 5.92 Å². The first-order chi connectivity index (χ1) is 9.15. The van der Waals surface area contributed by atoms with Gasteiger partial charge in [0.25, 0.3) is 0 Å². The zero-order chi connectivity index (χ0) is 13.6. The third kappa shape index (κ3) is 1.96. The summed E-state index contributed by atoms with van der Waals surface area (Å²) in [5.74, 6) is 0.128. The van der Waals surface area contributed by atoms with E-state index in [-0.39, 0.29) is 25.2 Å². The first kappa shape index (κ1) is 13.0. The van der Waals surface area contributed by atoms with Gasteiger partial charge in [0, 0.05) is 22.6 Å². The summed E-state index contributed by atoms with van der Waals surface area (Å²) in [6, 6.07) is 0. The number of imidazole rings is 1. The van der Waals surface area contributed by atoms with Crippen molar-refractivity contribution in [3.05, 3.63) is 10.2 Å². The summed E-state index contributed by atoms with van der Waals surface area (Å²) in [6.45, 7) is -0.198. The average molecular weight is 377 g/mol. The number of rotatable bonds is 3. The van der Waals surface area contributed by atoms with E-state index in [4.69, 9.17) is 15.6 Å². The zero-order valence-corrected chi connectivity index (χ0v) is 11.9. The van der Waals surface area contributed by atoms with Crippen molar-refractivity contribution in [3.8, 4) is 0 Å². The Labute approximate surface area is 121 Å². The fraction of sp³-hybridized carbons (Fsp3) is 0.500. The quantitative estimate of drug-likeness (QED) is 0.488. The molecule has 1 fully saturated rings. The maximum Gasteiger partial charge on any atom is 0.194 e. The van der Waals surface area contributed by atoms with Crippen LogP contribution in [-0.2, 0) is 4.74 Å². The Hall–Kier alpha value is -1.04. The fourth-order valence-corrected chi connectivity index (χ4v) is 2.72. The fourth-order valence-electron chi connectivity index (χ4n) is 2.23. The Bertz CT molecular complexity index is 618. The number of hydrogen-bond donors (Lipinski definition) is 3. The molecule has 0 radical (unpaired) electrons. The number of ether oxygens (including phenoxy) is 1. The van der Waals surface area contributed by atoms with Gasteiger partial charge in [0.05, 0.1) is 31.6 Å². The molecule has 3 atom stereocenters. The van der Waals surface area contributed by atoms with Crippen LogP contribution in [-0.4, -0.2) is 49.0 Å². The number of aromatic nitrogens is 4. The van der Waals surface area contributed by atoms with Crippen LogP contribution in [0.1, 0.15) is 6.23 Å². The predicted octanol–water partition coefficient (Wildman–Crippen LogP) is -0.489. The number of nitrogens with zero attached hydrogens (tertiary/aromatic N) is 4. The molecule has 0 aliphatic carbocycles. The highest BCUT2D eigenvalue weighted by Gasteiger charge is 2.43. The number of anilines is 1. The summed E-state index contributed by atoms with van der Waals surface area (Å²) in [5.41, 5.74) is 6.86. The molecule has 8 nitrogen and oxygen atoms in total. The van der Waals surface area contributed by atoms with Crippen LogP contribution in [0.5, 0.6) is 0 Å². The minimum atomic E-state index is -0.391. The molecule has 0 aromatic carbocycles. The van der Waals surface area contributed by atoms with E-state index in [1.54, 1.807) is 10.9 Å². The monoisotopic (exact) mass is 377 g/mol. The molecule has 0 spiro atoms. The Morgan fingerprint density at radius 2 is 2.16 bits per heavy atom. The van der Waals surface area contributed by atoms with Crippen LogP contribution in [0.3, 0.4) is 0 Å². The lowest BCUT2D eigenvalue weighted by Gasteiger charge is -2.43. The van der Waals surface area contributed by atoms with Gasteiger partial charge in [-0.3, -0.25) is 4.57 Å². The van der Waals surface area contributed by atoms with Crippen LogP contribution in [0.2, 0.25) is 0 Å². The van der Waals surface area contributed by atoms with E-state index in [1.165, 1.54) is 0 Å². The van der Waals surface area contributed by atoms with Crippen molar-refractivity contribution in [2.75, 3.05) is 18.9 Å². The van der Waals surface area contributed by atoms with Gasteiger partial charge in [-0.25, -0.2) is 15.0 Å². The van der Waals surface area contributed by atoms with E-state index in [1.807, 2.05) is 22.6 Å². The molecule has 0 bridgehead atoms. The normalized spacial score (nSPS) is 26.6. The SMILES string of the molecule is Nc1nc(I)nc2c1ncn2[C@@H]1O[C@H](CO)[C@H]1CO. The van der Waals surface area contributed by atoms with E-state index >= 15 is 0 Å². The largest absolute Gasteiger partial charge is 0.396 e. The number of nitrogens with two attached hydrogens (primary N) is 1. The molecule has 9 heteroatoms. The van der Waals surface area contributed by atoms with Gasteiger partial charge in [-0.15, -0.1) is 0 Å².